The maximum Gasteiger partial charge on any atom is 0.312 e. The highest BCUT2D eigenvalue weighted by molar-refractivity contribution is 5.71. The number of primary amides is 1. The monoisotopic (exact) mass is 139 g/mol. The van der Waals surface area contributed by atoms with E-state index in [2.05, 4.69) is 10.3 Å². The molecule has 0 bridgehead atoms. The lowest BCUT2D eigenvalue weighted by molar-refractivity contribution is 0.248. The molecule has 1 rings (SSSR count). The zero-order valence-electron chi connectivity index (χ0n) is 5.42. The fourth-order valence-electron chi connectivity index (χ4n) is 0.660. The second-order valence-electron chi connectivity index (χ2n) is 1.91. The zero-order chi connectivity index (χ0) is 7.40. The minimum Gasteiger partial charge on any atom is -0.364 e. The smallest absolute Gasteiger partial charge is 0.312 e. The Labute approximate surface area is 58.4 Å². The van der Waals surface area contributed by atoms with Gasteiger partial charge in [0.25, 0.3) is 0 Å². The van der Waals surface area contributed by atoms with Crippen molar-refractivity contribution in [3.05, 3.63) is 24.0 Å². The number of carbonyl (C=O) groups is 1. The number of amides is 2. The summed E-state index contributed by atoms with van der Waals surface area (Å²) >= 11 is 0. The van der Waals surface area contributed by atoms with E-state index in [4.69, 9.17) is 5.73 Å². The van der Waals surface area contributed by atoms with Gasteiger partial charge in [0.1, 0.15) is 0 Å². The molecular formula is C6H9N3O. The average molecular weight is 139 g/mol. The lowest BCUT2D eigenvalue weighted by Gasteiger charge is -1.96. The summed E-state index contributed by atoms with van der Waals surface area (Å²) in [6, 6.07) is 3.23. The molecule has 0 unspecified atom stereocenters. The average Bonchev–Trinajstić information content (AvgIpc) is 2.34. The van der Waals surface area contributed by atoms with Gasteiger partial charge in [-0.05, 0) is 12.1 Å². The van der Waals surface area contributed by atoms with Crippen molar-refractivity contribution < 1.29 is 4.79 Å². The van der Waals surface area contributed by atoms with Crippen molar-refractivity contribution in [2.45, 2.75) is 6.54 Å². The summed E-state index contributed by atoms with van der Waals surface area (Å²) in [5, 5.41) is 2.46. The van der Waals surface area contributed by atoms with Crippen LogP contribution in [-0.4, -0.2) is 11.0 Å². The maximum absolute atomic E-state index is 10.2. The van der Waals surface area contributed by atoms with Crippen molar-refractivity contribution in [3.63, 3.8) is 0 Å². The summed E-state index contributed by atoms with van der Waals surface area (Å²) in [5.41, 5.74) is 5.79. The predicted molar refractivity (Wildman–Crippen MR) is 37.2 cm³/mol. The molecule has 0 aliphatic heterocycles. The standard InChI is InChI=1S/C6H9N3O/c7-6(10)9-4-5-2-1-3-8-5/h1-3,8H,4H2,(H3,7,9,10). The van der Waals surface area contributed by atoms with Gasteiger partial charge in [-0.25, -0.2) is 4.79 Å². The van der Waals surface area contributed by atoms with Crippen LogP contribution in [0.4, 0.5) is 4.79 Å². The molecule has 0 atom stereocenters. The van der Waals surface area contributed by atoms with E-state index in [0.29, 0.717) is 6.54 Å². The SMILES string of the molecule is NC(=O)NCc1ccc[nH]1. The van der Waals surface area contributed by atoms with E-state index in [9.17, 15) is 4.79 Å². The first-order valence-corrected chi connectivity index (χ1v) is 2.94. The number of hydrogen-bond acceptors (Lipinski definition) is 1. The van der Waals surface area contributed by atoms with Crippen molar-refractivity contribution in [2.75, 3.05) is 0 Å². The summed E-state index contributed by atoms with van der Waals surface area (Å²) in [6.07, 6.45) is 1.79. The van der Waals surface area contributed by atoms with Crippen molar-refractivity contribution in [1.82, 2.24) is 10.3 Å². The summed E-state index contributed by atoms with van der Waals surface area (Å²) < 4.78 is 0. The Hall–Kier alpha value is -1.45. The van der Waals surface area contributed by atoms with Crippen LogP contribution in [0.15, 0.2) is 18.3 Å². The van der Waals surface area contributed by atoms with Crippen LogP contribution in [0.1, 0.15) is 5.69 Å². The minimum atomic E-state index is -0.505. The number of urea groups is 1. The molecule has 0 aromatic carbocycles. The fraction of sp³-hybridized carbons (Fsp3) is 0.167. The van der Waals surface area contributed by atoms with E-state index < -0.39 is 6.03 Å². The van der Waals surface area contributed by atoms with Crippen molar-refractivity contribution in [3.8, 4) is 0 Å². The highest BCUT2D eigenvalue weighted by Crippen LogP contribution is 1.91. The summed E-state index contributed by atoms with van der Waals surface area (Å²) in [4.78, 5) is 13.1. The highest BCUT2D eigenvalue weighted by atomic mass is 16.2. The molecule has 0 saturated carbocycles. The van der Waals surface area contributed by atoms with Gasteiger partial charge >= 0.3 is 6.03 Å². The highest BCUT2D eigenvalue weighted by Gasteiger charge is 1.92. The Balaban J connectivity index is 2.35. The van der Waals surface area contributed by atoms with E-state index in [0.717, 1.165) is 5.69 Å². The molecule has 4 heteroatoms. The molecule has 0 aliphatic rings. The second kappa shape index (κ2) is 2.91. The number of aromatic nitrogens is 1. The molecule has 1 heterocycles. The van der Waals surface area contributed by atoms with Crippen LogP contribution in [0.2, 0.25) is 0 Å². The molecule has 4 nitrogen and oxygen atoms in total. The van der Waals surface area contributed by atoms with Gasteiger partial charge in [-0.2, -0.15) is 0 Å². The molecule has 0 spiro atoms. The summed E-state index contributed by atoms with van der Waals surface area (Å²) in [5.74, 6) is 0. The molecule has 1 aromatic rings. The number of H-pyrrole nitrogens is 1. The van der Waals surface area contributed by atoms with E-state index >= 15 is 0 Å². The first-order valence-electron chi connectivity index (χ1n) is 2.94. The van der Waals surface area contributed by atoms with Crippen LogP contribution >= 0.6 is 0 Å². The molecule has 1 aromatic heterocycles. The van der Waals surface area contributed by atoms with Crippen LogP contribution < -0.4 is 11.1 Å². The second-order valence-corrected chi connectivity index (χ2v) is 1.91. The van der Waals surface area contributed by atoms with Gasteiger partial charge in [0.05, 0.1) is 6.54 Å². The Morgan fingerprint density at radius 1 is 1.80 bits per heavy atom. The number of carbonyl (C=O) groups excluding carboxylic acids is 1. The molecular weight excluding hydrogens is 130 g/mol. The zero-order valence-corrected chi connectivity index (χ0v) is 5.42. The van der Waals surface area contributed by atoms with E-state index in [1.807, 2.05) is 12.1 Å². The van der Waals surface area contributed by atoms with E-state index in [1.54, 1.807) is 6.20 Å². The largest absolute Gasteiger partial charge is 0.364 e. The first kappa shape index (κ1) is 6.67. The Kier molecular flexibility index (Phi) is 1.94. The first-order chi connectivity index (χ1) is 4.79. The lowest BCUT2D eigenvalue weighted by atomic mass is 10.4. The summed E-state index contributed by atoms with van der Waals surface area (Å²) in [6.45, 7) is 0.461. The molecule has 54 valence electrons. The fourth-order valence-corrected chi connectivity index (χ4v) is 0.660. The third-order valence-corrected chi connectivity index (χ3v) is 1.12. The normalized spacial score (nSPS) is 9.20. The molecule has 0 saturated heterocycles. The Morgan fingerprint density at radius 3 is 3.10 bits per heavy atom. The Morgan fingerprint density at radius 2 is 2.60 bits per heavy atom. The van der Waals surface area contributed by atoms with Crippen molar-refractivity contribution in [1.29, 1.82) is 0 Å². The van der Waals surface area contributed by atoms with Gasteiger partial charge in [0.2, 0.25) is 0 Å². The number of rotatable bonds is 2. The number of nitrogens with one attached hydrogen (secondary N) is 2. The van der Waals surface area contributed by atoms with Crippen LogP contribution in [0.5, 0.6) is 0 Å². The number of aromatic amines is 1. The number of hydrogen-bond donors (Lipinski definition) is 3. The third-order valence-electron chi connectivity index (χ3n) is 1.12. The van der Waals surface area contributed by atoms with Crippen molar-refractivity contribution in [2.24, 2.45) is 5.73 Å². The van der Waals surface area contributed by atoms with Gasteiger partial charge in [0.15, 0.2) is 0 Å². The van der Waals surface area contributed by atoms with Gasteiger partial charge < -0.3 is 16.0 Å². The third kappa shape index (κ3) is 1.81. The lowest BCUT2D eigenvalue weighted by Crippen LogP contribution is -2.28. The van der Waals surface area contributed by atoms with Crippen LogP contribution in [0.3, 0.4) is 0 Å². The molecule has 0 aliphatic carbocycles. The van der Waals surface area contributed by atoms with Gasteiger partial charge in [0, 0.05) is 11.9 Å². The molecule has 0 fully saturated rings. The topological polar surface area (TPSA) is 70.9 Å². The molecule has 0 radical (unpaired) electrons. The number of nitrogens with two attached hydrogens (primary N) is 1. The minimum absolute atomic E-state index is 0.461. The van der Waals surface area contributed by atoms with E-state index in [-0.39, 0.29) is 0 Å². The predicted octanol–water partition coefficient (Wildman–Crippen LogP) is 0.183. The van der Waals surface area contributed by atoms with Gasteiger partial charge in [-0.3, -0.25) is 0 Å². The van der Waals surface area contributed by atoms with Crippen LogP contribution in [0.25, 0.3) is 0 Å². The summed E-state index contributed by atoms with van der Waals surface area (Å²) in [7, 11) is 0. The quantitative estimate of drug-likeness (QED) is 0.537. The Bertz CT molecular complexity index is 205. The molecule has 10 heavy (non-hydrogen) atoms. The van der Waals surface area contributed by atoms with Gasteiger partial charge in [-0.1, -0.05) is 0 Å². The maximum atomic E-state index is 10.2. The van der Waals surface area contributed by atoms with Gasteiger partial charge in [-0.15, -0.1) is 0 Å². The van der Waals surface area contributed by atoms with Crippen molar-refractivity contribution >= 4 is 6.03 Å². The van der Waals surface area contributed by atoms with E-state index in [1.165, 1.54) is 0 Å². The molecule has 2 amide bonds. The molecule has 4 N–H and O–H groups in total. The van der Waals surface area contributed by atoms with Crippen LogP contribution in [-0.2, 0) is 6.54 Å². The van der Waals surface area contributed by atoms with Crippen LogP contribution in [0, 0.1) is 0 Å².